The second-order valence-corrected chi connectivity index (χ2v) is 3.85. The van der Waals surface area contributed by atoms with Gasteiger partial charge in [-0.1, -0.05) is 0 Å². The number of aromatic amines is 2. The van der Waals surface area contributed by atoms with Crippen LogP contribution in [0.4, 0.5) is 0 Å². The summed E-state index contributed by atoms with van der Waals surface area (Å²) >= 11 is 0. The van der Waals surface area contributed by atoms with Crippen molar-refractivity contribution < 1.29 is 0 Å². The van der Waals surface area contributed by atoms with Gasteiger partial charge in [-0.3, -0.25) is 14.9 Å². The maximum Gasteiger partial charge on any atom is 0.247 e. The highest BCUT2D eigenvalue weighted by Crippen LogP contribution is 2.21. The van der Waals surface area contributed by atoms with Crippen LogP contribution < -0.4 is 5.56 Å². The van der Waals surface area contributed by atoms with E-state index in [1.54, 1.807) is 24.7 Å². The molecule has 0 saturated heterocycles. The summed E-state index contributed by atoms with van der Waals surface area (Å²) in [6.45, 7) is 0. The lowest BCUT2D eigenvalue weighted by atomic mass is 10.1. The predicted molar refractivity (Wildman–Crippen MR) is 67.9 cm³/mol. The van der Waals surface area contributed by atoms with Crippen molar-refractivity contribution in [1.29, 1.82) is 0 Å². The minimum atomic E-state index is -0.120. The minimum absolute atomic E-state index is 0.120. The molecule has 0 aliphatic rings. The molecule has 3 aromatic rings. The highest BCUT2D eigenvalue weighted by molar-refractivity contribution is 5.66. The highest BCUT2D eigenvalue weighted by Gasteiger charge is 2.05. The molecule has 0 aromatic carbocycles. The normalized spacial score (nSPS) is 10.4. The van der Waals surface area contributed by atoms with E-state index < -0.39 is 0 Å². The van der Waals surface area contributed by atoms with E-state index in [2.05, 4.69) is 20.2 Å². The van der Waals surface area contributed by atoms with E-state index in [-0.39, 0.29) is 5.56 Å². The molecular weight excluding hydrogens is 228 g/mol. The van der Waals surface area contributed by atoms with Crippen molar-refractivity contribution in [2.75, 3.05) is 0 Å². The van der Waals surface area contributed by atoms with Crippen LogP contribution in [-0.4, -0.2) is 20.2 Å². The van der Waals surface area contributed by atoms with Crippen LogP contribution in [0.15, 0.2) is 53.7 Å². The summed E-state index contributed by atoms with van der Waals surface area (Å²) in [6.07, 6.45) is 5.13. The molecular formula is C13H10N4O. The van der Waals surface area contributed by atoms with Crippen LogP contribution in [0.25, 0.3) is 22.5 Å². The molecule has 0 aliphatic heterocycles. The molecule has 0 bridgehead atoms. The van der Waals surface area contributed by atoms with Crippen LogP contribution in [0.1, 0.15) is 0 Å². The summed E-state index contributed by atoms with van der Waals surface area (Å²) in [7, 11) is 0. The van der Waals surface area contributed by atoms with Gasteiger partial charge < -0.3 is 4.98 Å². The Bertz CT molecular complexity index is 695. The van der Waals surface area contributed by atoms with E-state index in [0.29, 0.717) is 0 Å². The zero-order valence-corrected chi connectivity index (χ0v) is 9.42. The first-order chi connectivity index (χ1) is 8.83. The summed E-state index contributed by atoms with van der Waals surface area (Å²) in [6, 6.07) is 8.97. The lowest BCUT2D eigenvalue weighted by Gasteiger charge is -1.94. The van der Waals surface area contributed by atoms with Crippen LogP contribution in [-0.2, 0) is 0 Å². The molecule has 88 valence electrons. The van der Waals surface area contributed by atoms with Gasteiger partial charge >= 0.3 is 0 Å². The smallest absolute Gasteiger partial charge is 0.247 e. The maximum atomic E-state index is 11.0. The summed E-state index contributed by atoms with van der Waals surface area (Å²) in [5, 5.41) is 7.17. The zero-order valence-electron chi connectivity index (χ0n) is 9.42. The summed E-state index contributed by atoms with van der Waals surface area (Å²) in [4.78, 5) is 17.7. The van der Waals surface area contributed by atoms with Crippen LogP contribution in [0, 0.1) is 0 Å². The molecule has 18 heavy (non-hydrogen) atoms. The lowest BCUT2D eigenvalue weighted by molar-refractivity contribution is 1.09. The first-order valence-electron chi connectivity index (χ1n) is 5.48. The number of nitrogens with one attached hydrogen (secondary N) is 2. The molecule has 5 nitrogen and oxygen atoms in total. The Labute approximate surface area is 103 Å². The Kier molecular flexibility index (Phi) is 2.49. The molecule has 0 radical (unpaired) electrons. The number of H-pyrrole nitrogens is 2. The number of pyridine rings is 2. The first-order valence-corrected chi connectivity index (χ1v) is 5.48. The lowest BCUT2D eigenvalue weighted by Crippen LogP contribution is -2.01. The average Bonchev–Trinajstić information content (AvgIpc) is 2.90. The number of hydrogen-bond donors (Lipinski definition) is 2. The van der Waals surface area contributed by atoms with E-state index in [1.807, 2.05) is 18.2 Å². The quantitative estimate of drug-likeness (QED) is 0.715. The topological polar surface area (TPSA) is 74.4 Å². The minimum Gasteiger partial charge on any atom is -0.328 e. The van der Waals surface area contributed by atoms with Gasteiger partial charge in [-0.2, -0.15) is 5.10 Å². The van der Waals surface area contributed by atoms with Crippen LogP contribution in [0.3, 0.4) is 0 Å². The first kappa shape index (κ1) is 10.5. The van der Waals surface area contributed by atoms with Gasteiger partial charge in [0.25, 0.3) is 0 Å². The van der Waals surface area contributed by atoms with Crippen molar-refractivity contribution in [2.45, 2.75) is 0 Å². The summed E-state index contributed by atoms with van der Waals surface area (Å²) in [5.74, 6) is 0. The molecule has 0 saturated carbocycles. The van der Waals surface area contributed by atoms with E-state index in [1.165, 1.54) is 6.07 Å². The predicted octanol–water partition coefficient (Wildman–Crippen LogP) is 1.83. The molecule has 0 spiro atoms. The van der Waals surface area contributed by atoms with Crippen molar-refractivity contribution in [3.8, 4) is 22.5 Å². The number of aromatic nitrogens is 4. The van der Waals surface area contributed by atoms with Crippen molar-refractivity contribution in [1.82, 2.24) is 20.2 Å². The Balaban J connectivity index is 1.99. The van der Waals surface area contributed by atoms with Gasteiger partial charge in [-0.15, -0.1) is 0 Å². The van der Waals surface area contributed by atoms with Crippen LogP contribution in [0.2, 0.25) is 0 Å². The highest BCUT2D eigenvalue weighted by atomic mass is 16.1. The van der Waals surface area contributed by atoms with Gasteiger partial charge in [0.15, 0.2) is 0 Å². The third-order valence-corrected chi connectivity index (χ3v) is 2.63. The molecule has 3 rings (SSSR count). The van der Waals surface area contributed by atoms with Crippen molar-refractivity contribution in [2.24, 2.45) is 0 Å². The van der Waals surface area contributed by atoms with Gasteiger partial charge in [0, 0.05) is 35.8 Å². The average molecular weight is 238 g/mol. The fraction of sp³-hybridized carbons (Fsp3) is 0. The van der Waals surface area contributed by atoms with E-state index in [9.17, 15) is 4.79 Å². The fourth-order valence-electron chi connectivity index (χ4n) is 1.71. The molecule has 0 aliphatic carbocycles. The standard InChI is InChI=1S/C13H10N4O/c18-13-4-3-10(8-15-13)12-6-11(16-17-12)9-2-1-5-14-7-9/h1-8H,(H,15,18)(H,16,17). The summed E-state index contributed by atoms with van der Waals surface area (Å²) in [5.41, 5.74) is 3.39. The van der Waals surface area contributed by atoms with E-state index >= 15 is 0 Å². The van der Waals surface area contributed by atoms with Gasteiger partial charge in [-0.25, -0.2) is 0 Å². The second kappa shape index (κ2) is 4.29. The zero-order chi connectivity index (χ0) is 12.4. The van der Waals surface area contributed by atoms with Gasteiger partial charge in [0.05, 0.1) is 11.4 Å². The fourth-order valence-corrected chi connectivity index (χ4v) is 1.71. The third kappa shape index (κ3) is 1.93. The van der Waals surface area contributed by atoms with Gasteiger partial charge in [0.2, 0.25) is 5.56 Å². The van der Waals surface area contributed by atoms with Gasteiger partial charge in [0.1, 0.15) is 0 Å². The van der Waals surface area contributed by atoms with E-state index in [4.69, 9.17) is 0 Å². The Hall–Kier alpha value is -2.69. The molecule has 3 aromatic heterocycles. The molecule has 5 heteroatoms. The van der Waals surface area contributed by atoms with Crippen LogP contribution >= 0.6 is 0 Å². The number of hydrogen-bond acceptors (Lipinski definition) is 3. The Morgan fingerprint density at radius 1 is 1.11 bits per heavy atom. The van der Waals surface area contributed by atoms with Crippen molar-refractivity contribution in [3.05, 3.63) is 59.3 Å². The Morgan fingerprint density at radius 3 is 2.78 bits per heavy atom. The Morgan fingerprint density at radius 2 is 2.06 bits per heavy atom. The second-order valence-electron chi connectivity index (χ2n) is 3.85. The van der Waals surface area contributed by atoms with E-state index in [0.717, 1.165) is 22.5 Å². The number of nitrogens with zero attached hydrogens (tertiary/aromatic N) is 2. The number of rotatable bonds is 2. The molecule has 0 fully saturated rings. The maximum absolute atomic E-state index is 11.0. The van der Waals surface area contributed by atoms with Crippen molar-refractivity contribution in [3.63, 3.8) is 0 Å². The monoisotopic (exact) mass is 238 g/mol. The van der Waals surface area contributed by atoms with Crippen LogP contribution in [0.5, 0.6) is 0 Å². The molecule has 0 atom stereocenters. The summed E-state index contributed by atoms with van der Waals surface area (Å²) < 4.78 is 0. The molecule has 0 unspecified atom stereocenters. The molecule has 0 amide bonds. The molecule has 2 N–H and O–H groups in total. The SMILES string of the molecule is O=c1ccc(-c2cc(-c3cccnc3)n[nH]2)c[nH]1. The largest absolute Gasteiger partial charge is 0.328 e. The van der Waals surface area contributed by atoms with Crippen molar-refractivity contribution >= 4 is 0 Å². The van der Waals surface area contributed by atoms with Gasteiger partial charge in [-0.05, 0) is 24.3 Å². The molecule has 3 heterocycles. The third-order valence-electron chi connectivity index (χ3n) is 2.63.